The van der Waals surface area contributed by atoms with Crippen molar-refractivity contribution in [2.24, 2.45) is 10.8 Å². The van der Waals surface area contributed by atoms with Gasteiger partial charge in [-0.2, -0.15) is 13.2 Å². The molecule has 0 fully saturated rings. The molecule has 1 atom stereocenters. The molecule has 1 unspecified atom stereocenters. The van der Waals surface area contributed by atoms with Crippen LogP contribution in [0.15, 0.2) is 23.3 Å². The minimum Gasteiger partial charge on any atom is -0.481 e. The van der Waals surface area contributed by atoms with Crippen LogP contribution in [0.25, 0.3) is 10.4 Å². The second kappa shape index (κ2) is 7.44. The number of alkyl halides is 3. The molecule has 12 heteroatoms. The summed E-state index contributed by atoms with van der Waals surface area (Å²) < 4.78 is 43.1. The predicted molar refractivity (Wildman–Crippen MR) is 70.9 cm³/mol. The van der Waals surface area contributed by atoms with Gasteiger partial charge in [0.05, 0.1) is 17.5 Å². The molecule has 1 rings (SSSR count). The van der Waals surface area contributed by atoms with Crippen molar-refractivity contribution < 1.29 is 37.4 Å². The van der Waals surface area contributed by atoms with Crippen LogP contribution in [0, 0.1) is 0 Å². The van der Waals surface area contributed by atoms with Crippen LogP contribution in [-0.2, 0) is 20.5 Å². The maximum atomic E-state index is 13.0. The number of aliphatic carboxylic acids is 1. The van der Waals surface area contributed by atoms with Gasteiger partial charge in [0.15, 0.2) is 0 Å². The van der Waals surface area contributed by atoms with Gasteiger partial charge in [0.1, 0.15) is 6.04 Å². The standard InChI is InChI=1S/C12H9F3N4O5/c13-12(14,15)7-3-5(18-19-17)1-2-6(7)10(22)24-11(23)8(16)4-9(20)21/h1-3,8H,4,16H2,(H,20,21). The molecule has 0 aliphatic rings. The van der Waals surface area contributed by atoms with E-state index in [2.05, 4.69) is 14.8 Å². The fourth-order valence-electron chi connectivity index (χ4n) is 1.55. The van der Waals surface area contributed by atoms with Gasteiger partial charge in [-0.25, -0.2) is 9.59 Å². The van der Waals surface area contributed by atoms with Gasteiger partial charge >= 0.3 is 24.1 Å². The van der Waals surface area contributed by atoms with Crippen molar-refractivity contribution >= 4 is 23.6 Å². The van der Waals surface area contributed by atoms with E-state index in [1.165, 1.54) is 0 Å². The minimum absolute atomic E-state index is 0.401. The Bertz CT molecular complexity index is 728. The first kappa shape index (κ1) is 18.9. The summed E-state index contributed by atoms with van der Waals surface area (Å²) in [6.45, 7) is 0. The Morgan fingerprint density at radius 1 is 1.38 bits per heavy atom. The van der Waals surface area contributed by atoms with E-state index < -0.39 is 53.4 Å². The van der Waals surface area contributed by atoms with Crippen LogP contribution in [0.2, 0.25) is 0 Å². The lowest BCUT2D eigenvalue weighted by atomic mass is 10.1. The first-order valence-electron chi connectivity index (χ1n) is 6.06. The smallest absolute Gasteiger partial charge is 0.417 e. The summed E-state index contributed by atoms with van der Waals surface area (Å²) in [6.07, 6.45) is -5.87. The molecule has 1 aromatic carbocycles. The molecule has 0 saturated heterocycles. The molecule has 0 saturated carbocycles. The molecule has 3 N–H and O–H groups in total. The number of carboxylic acids is 1. The normalized spacial score (nSPS) is 12.0. The van der Waals surface area contributed by atoms with Crippen LogP contribution in [0.5, 0.6) is 0 Å². The topological polar surface area (TPSA) is 155 Å². The van der Waals surface area contributed by atoms with E-state index in [1.807, 2.05) is 0 Å². The van der Waals surface area contributed by atoms with Gasteiger partial charge in [-0.15, -0.1) is 0 Å². The first-order chi connectivity index (χ1) is 11.1. The van der Waals surface area contributed by atoms with E-state index in [0.29, 0.717) is 12.1 Å². The Morgan fingerprint density at radius 3 is 2.50 bits per heavy atom. The summed E-state index contributed by atoms with van der Waals surface area (Å²) in [7, 11) is 0. The van der Waals surface area contributed by atoms with Crippen LogP contribution < -0.4 is 5.73 Å². The largest absolute Gasteiger partial charge is 0.481 e. The van der Waals surface area contributed by atoms with Crippen molar-refractivity contribution in [3.63, 3.8) is 0 Å². The van der Waals surface area contributed by atoms with Crippen LogP contribution in [0.1, 0.15) is 22.3 Å². The molecule has 0 aliphatic carbocycles. The molecule has 0 spiro atoms. The summed E-state index contributed by atoms with van der Waals surface area (Å²) in [5.74, 6) is -4.61. The number of hydrogen-bond acceptors (Lipinski definition) is 6. The lowest BCUT2D eigenvalue weighted by molar-refractivity contribution is -0.146. The molecule has 0 aliphatic heterocycles. The summed E-state index contributed by atoms with van der Waals surface area (Å²) in [6, 6.07) is 0.249. The van der Waals surface area contributed by atoms with E-state index in [0.717, 1.165) is 6.07 Å². The van der Waals surface area contributed by atoms with E-state index in [4.69, 9.17) is 16.4 Å². The van der Waals surface area contributed by atoms with Crippen LogP contribution >= 0.6 is 0 Å². The average Bonchev–Trinajstić information content (AvgIpc) is 2.45. The third-order valence-electron chi connectivity index (χ3n) is 2.58. The predicted octanol–water partition coefficient (Wildman–Crippen LogP) is 2.13. The number of ether oxygens (including phenoxy) is 1. The fraction of sp³-hybridized carbons (Fsp3) is 0.250. The van der Waals surface area contributed by atoms with Gasteiger partial charge in [-0.1, -0.05) is 11.2 Å². The number of nitrogens with zero attached hydrogens (tertiary/aromatic N) is 3. The van der Waals surface area contributed by atoms with Crippen molar-refractivity contribution in [3.05, 3.63) is 39.8 Å². The SMILES string of the molecule is [N-]=[N+]=Nc1ccc(C(=O)OC(=O)C(N)CC(=O)O)c(C(F)(F)F)c1. The van der Waals surface area contributed by atoms with Gasteiger partial charge in [0, 0.05) is 10.6 Å². The molecule has 0 radical (unpaired) electrons. The molecule has 1 aromatic rings. The molecule has 0 aromatic heterocycles. The molecular formula is C12H9F3N4O5. The zero-order valence-electron chi connectivity index (χ0n) is 11.6. The van der Waals surface area contributed by atoms with Crippen molar-refractivity contribution in [3.8, 4) is 0 Å². The maximum absolute atomic E-state index is 13.0. The lowest BCUT2D eigenvalue weighted by Gasteiger charge is -2.13. The Balaban J connectivity index is 3.12. The molecular weight excluding hydrogens is 337 g/mol. The van der Waals surface area contributed by atoms with Crippen molar-refractivity contribution in [1.29, 1.82) is 0 Å². The maximum Gasteiger partial charge on any atom is 0.417 e. The number of rotatable bonds is 5. The number of carbonyl (C=O) groups excluding carboxylic acids is 2. The van der Waals surface area contributed by atoms with Gasteiger partial charge in [0.2, 0.25) is 0 Å². The molecule has 128 valence electrons. The summed E-state index contributed by atoms with van der Waals surface area (Å²) in [4.78, 5) is 35.9. The average molecular weight is 346 g/mol. The number of hydrogen-bond donors (Lipinski definition) is 2. The highest BCUT2D eigenvalue weighted by atomic mass is 19.4. The Kier molecular flexibility index (Phi) is 5.87. The van der Waals surface area contributed by atoms with Gasteiger partial charge in [0.25, 0.3) is 0 Å². The second-order valence-corrected chi connectivity index (χ2v) is 4.33. The Hall–Kier alpha value is -3.11. The van der Waals surface area contributed by atoms with E-state index in [9.17, 15) is 27.6 Å². The zero-order valence-corrected chi connectivity index (χ0v) is 11.6. The minimum atomic E-state index is -5.00. The van der Waals surface area contributed by atoms with Crippen LogP contribution in [0.3, 0.4) is 0 Å². The number of azide groups is 1. The number of carbonyl (C=O) groups is 3. The molecule has 0 heterocycles. The van der Waals surface area contributed by atoms with E-state index in [1.54, 1.807) is 0 Å². The third kappa shape index (κ3) is 4.97. The molecule has 24 heavy (non-hydrogen) atoms. The van der Waals surface area contributed by atoms with Gasteiger partial charge < -0.3 is 15.6 Å². The number of nitrogens with two attached hydrogens (primary N) is 1. The van der Waals surface area contributed by atoms with E-state index >= 15 is 0 Å². The third-order valence-corrected chi connectivity index (χ3v) is 2.58. The second-order valence-electron chi connectivity index (χ2n) is 4.33. The Morgan fingerprint density at radius 2 is 2.00 bits per heavy atom. The van der Waals surface area contributed by atoms with Gasteiger partial charge in [-0.05, 0) is 17.7 Å². The van der Waals surface area contributed by atoms with Crippen LogP contribution in [0.4, 0.5) is 18.9 Å². The number of benzene rings is 1. The quantitative estimate of drug-likeness (QED) is 0.273. The molecule has 0 amide bonds. The van der Waals surface area contributed by atoms with E-state index in [-0.39, 0.29) is 0 Å². The Labute approximate surface area is 131 Å². The molecule has 0 bridgehead atoms. The summed E-state index contributed by atoms with van der Waals surface area (Å²) in [5, 5.41) is 11.4. The van der Waals surface area contributed by atoms with Crippen LogP contribution in [-0.4, -0.2) is 29.1 Å². The monoisotopic (exact) mass is 346 g/mol. The number of esters is 2. The first-order valence-corrected chi connectivity index (χ1v) is 6.06. The summed E-state index contributed by atoms with van der Waals surface area (Å²) >= 11 is 0. The zero-order chi connectivity index (χ0) is 18.5. The molecule has 9 nitrogen and oxygen atoms in total. The van der Waals surface area contributed by atoms with Crippen molar-refractivity contribution in [1.82, 2.24) is 0 Å². The van der Waals surface area contributed by atoms with Gasteiger partial charge in [-0.3, -0.25) is 4.79 Å². The highest BCUT2D eigenvalue weighted by Gasteiger charge is 2.36. The fourth-order valence-corrected chi connectivity index (χ4v) is 1.55. The van der Waals surface area contributed by atoms with Crippen molar-refractivity contribution in [2.75, 3.05) is 0 Å². The number of halogens is 3. The highest BCUT2D eigenvalue weighted by Crippen LogP contribution is 2.35. The summed E-state index contributed by atoms with van der Waals surface area (Å²) in [5.41, 5.74) is 10.5. The lowest BCUT2D eigenvalue weighted by Crippen LogP contribution is -2.36. The highest BCUT2D eigenvalue weighted by molar-refractivity contribution is 6.00. The number of carboxylic acid groups (broad SMARTS) is 1. The van der Waals surface area contributed by atoms with Crippen molar-refractivity contribution in [2.45, 2.75) is 18.6 Å².